The number of amides is 1. The van der Waals surface area contributed by atoms with Crippen molar-refractivity contribution in [1.82, 2.24) is 20.4 Å². The van der Waals surface area contributed by atoms with E-state index >= 15 is 0 Å². The van der Waals surface area contributed by atoms with Crippen LogP contribution < -0.4 is 27.0 Å². The van der Waals surface area contributed by atoms with Crippen LogP contribution in [0, 0.1) is 0 Å². The maximum Gasteiger partial charge on any atom is 0.269 e. The molecular formula is C22H20N8O. The van der Waals surface area contributed by atoms with E-state index in [9.17, 15) is 4.79 Å². The average molecular weight is 412 g/mol. The molecule has 2 aromatic carbocycles. The topological polar surface area (TPSA) is 121 Å². The maximum absolute atomic E-state index is 12.3. The third-order valence-electron chi connectivity index (χ3n) is 4.37. The van der Waals surface area contributed by atoms with Crippen LogP contribution in [-0.4, -0.2) is 20.9 Å². The van der Waals surface area contributed by atoms with Crippen molar-refractivity contribution in [3.05, 3.63) is 97.1 Å². The van der Waals surface area contributed by atoms with Gasteiger partial charge >= 0.3 is 0 Å². The van der Waals surface area contributed by atoms with Crippen LogP contribution in [0.15, 0.2) is 91.5 Å². The highest BCUT2D eigenvalue weighted by molar-refractivity contribution is 5.95. The predicted molar refractivity (Wildman–Crippen MR) is 120 cm³/mol. The molecule has 0 bridgehead atoms. The molecule has 0 saturated carbocycles. The van der Waals surface area contributed by atoms with Gasteiger partial charge in [0.1, 0.15) is 12.0 Å². The first kappa shape index (κ1) is 19.6. The van der Waals surface area contributed by atoms with Crippen LogP contribution in [-0.2, 0) is 0 Å². The lowest BCUT2D eigenvalue weighted by Crippen LogP contribution is -2.31. The number of pyridine rings is 1. The molecule has 0 unspecified atom stereocenters. The molecule has 2 aromatic heterocycles. The number of aromatic nitrogens is 3. The van der Waals surface area contributed by atoms with E-state index < -0.39 is 0 Å². The summed E-state index contributed by atoms with van der Waals surface area (Å²) >= 11 is 0. The van der Waals surface area contributed by atoms with Crippen molar-refractivity contribution in [3.8, 4) is 0 Å². The molecular weight excluding hydrogens is 392 g/mol. The highest BCUT2D eigenvalue weighted by Gasteiger charge is 2.15. The number of nitrogens with one attached hydrogen (secondary N) is 3. The lowest BCUT2D eigenvalue weighted by Gasteiger charge is -2.26. The molecule has 0 saturated heterocycles. The van der Waals surface area contributed by atoms with Crippen molar-refractivity contribution in [3.63, 3.8) is 0 Å². The number of rotatable bonds is 7. The molecule has 4 aromatic rings. The van der Waals surface area contributed by atoms with Gasteiger partial charge in [0, 0.05) is 18.0 Å². The zero-order valence-electron chi connectivity index (χ0n) is 16.4. The standard InChI is InChI=1S/C22H20N8O/c23-19-20(27-28-22(31)16-11-13-24-14-12-16)25-15-26-21(19)29-30(17-7-3-1-4-8-17)18-9-5-2-6-10-18/h1-15H,23H2,(H,28,31)(H2,25,26,27,29). The average Bonchev–Trinajstić information content (AvgIpc) is 2.84. The Balaban J connectivity index is 1.56. The molecule has 154 valence electrons. The van der Waals surface area contributed by atoms with E-state index in [-0.39, 0.29) is 17.4 Å². The van der Waals surface area contributed by atoms with E-state index in [2.05, 4.69) is 31.2 Å². The van der Waals surface area contributed by atoms with E-state index in [0.29, 0.717) is 11.4 Å². The highest BCUT2D eigenvalue weighted by atomic mass is 16.2. The van der Waals surface area contributed by atoms with E-state index in [1.807, 2.05) is 65.7 Å². The van der Waals surface area contributed by atoms with Crippen molar-refractivity contribution < 1.29 is 4.79 Å². The Morgan fingerprint density at radius 2 is 1.39 bits per heavy atom. The summed E-state index contributed by atoms with van der Waals surface area (Å²) in [5.41, 5.74) is 17.3. The van der Waals surface area contributed by atoms with Gasteiger partial charge in [0.15, 0.2) is 11.6 Å². The summed E-state index contributed by atoms with van der Waals surface area (Å²) in [5.74, 6) is 0.300. The molecule has 4 rings (SSSR count). The Hall–Kier alpha value is -4.66. The van der Waals surface area contributed by atoms with Crippen LogP contribution in [0.3, 0.4) is 0 Å². The number of carbonyl (C=O) groups is 1. The maximum atomic E-state index is 12.3. The van der Waals surface area contributed by atoms with Gasteiger partial charge in [-0.2, -0.15) is 0 Å². The Morgan fingerprint density at radius 3 is 2.00 bits per heavy atom. The Labute approximate surface area is 178 Å². The van der Waals surface area contributed by atoms with Gasteiger partial charge in [0.05, 0.1) is 11.4 Å². The summed E-state index contributed by atoms with van der Waals surface area (Å²) in [7, 11) is 0. The number of nitrogens with zero attached hydrogens (tertiary/aromatic N) is 4. The summed E-state index contributed by atoms with van der Waals surface area (Å²) < 4.78 is 0. The predicted octanol–water partition coefficient (Wildman–Crippen LogP) is 3.38. The van der Waals surface area contributed by atoms with Crippen LogP contribution in [0.5, 0.6) is 0 Å². The normalized spacial score (nSPS) is 10.2. The zero-order valence-corrected chi connectivity index (χ0v) is 16.4. The first-order valence-corrected chi connectivity index (χ1v) is 9.46. The molecule has 0 radical (unpaired) electrons. The number of nitrogen functional groups attached to an aromatic ring is 1. The lowest BCUT2D eigenvalue weighted by atomic mass is 10.2. The zero-order chi connectivity index (χ0) is 21.5. The number of hydrazine groups is 2. The Morgan fingerprint density at radius 1 is 0.806 bits per heavy atom. The third-order valence-corrected chi connectivity index (χ3v) is 4.37. The van der Waals surface area contributed by atoms with Crippen molar-refractivity contribution in [2.75, 3.05) is 21.6 Å². The smallest absolute Gasteiger partial charge is 0.269 e. The first-order chi connectivity index (χ1) is 15.2. The van der Waals surface area contributed by atoms with Gasteiger partial charge in [-0.15, -0.1) is 0 Å². The summed E-state index contributed by atoms with van der Waals surface area (Å²) in [6.45, 7) is 0. The third kappa shape index (κ3) is 4.67. The summed E-state index contributed by atoms with van der Waals surface area (Å²) in [6.07, 6.45) is 4.43. The monoisotopic (exact) mass is 412 g/mol. The number of para-hydroxylation sites is 2. The quantitative estimate of drug-likeness (QED) is 0.341. The van der Waals surface area contributed by atoms with Gasteiger partial charge in [-0.1, -0.05) is 36.4 Å². The molecule has 2 heterocycles. The molecule has 9 heteroatoms. The highest BCUT2D eigenvalue weighted by Crippen LogP contribution is 2.29. The number of benzene rings is 2. The van der Waals surface area contributed by atoms with Crippen LogP contribution in [0.2, 0.25) is 0 Å². The fourth-order valence-electron chi connectivity index (χ4n) is 2.81. The minimum atomic E-state index is -0.342. The Bertz CT molecular complexity index is 1100. The second-order valence-corrected chi connectivity index (χ2v) is 6.42. The van der Waals surface area contributed by atoms with Gasteiger partial charge in [-0.25, -0.2) is 9.97 Å². The first-order valence-electron chi connectivity index (χ1n) is 9.46. The second-order valence-electron chi connectivity index (χ2n) is 6.42. The van der Waals surface area contributed by atoms with Gasteiger partial charge < -0.3 is 5.73 Å². The van der Waals surface area contributed by atoms with E-state index in [4.69, 9.17) is 5.73 Å². The number of hydrogen-bond donors (Lipinski definition) is 4. The van der Waals surface area contributed by atoms with Crippen molar-refractivity contribution in [2.45, 2.75) is 0 Å². The molecule has 5 N–H and O–H groups in total. The summed E-state index contributed by atoms with van der Waals surface area (Å²) in [6, 6.07) is 22.7. The van der Waals surface area contributed by atoms with Gasteiger partial charge in [-0.05, 0) is 36.4 Å². The minimum Gasteiger partial charge on any atom is -0.393 e. The summed E-state index contributed by atoms with van der Waals surface area (Å²) in [5, 5.41) is 1.86. The largest absolute Gasteiger partial charge is 0.393 e. The Kier molecular flexibility index (Phi) is 5.85. The van der Waals surface area contributed by atoms with E-state index in [1.54, 1.807) is 12.1 Å². The number of anilines is 5. The fraction of sp³-hybridized carbons (Fsp3) is 0. The summed E-state index contributed by atoms with van der Waals surface area (Å²) in [4.78, 5) is 24.5. The van der Waals surface area contributed by atoms with Gasteiger partial charge in [0.25, 0.3) is 5.91 Å². The minimum absolute atomic E-state index is 0.245. The molecule has 0 atom stereocenters. The van der Waals surface area contributed by atoms with Gasteiger partial charge in [0.2, 0.25) is 0 Å². The molecule has 0 aliphatic rings. The molecule has 0 fully saturated rings. The number of nitrogens with two attached hydrogens (primary N) is 1. The van der Waals surface area contributed by atoms with Crippen molar-refractivity contribution in [2.24, 2.45) is 0 Å². The SMILES string of the molecule is Nc1c(NNC(=O)c2ccncc2)ncnc1NN(c1ccccc1)c1ccccc1. The van der Waals surface area contributed by atoms with Gasteiger partial charge in [-0.3, -0.25) is 31.1 Å². The molecule has 0 aliphatic heterocycles. The van der Waals surface area contributed by atoms with Crippen LogP contribution in [0.25, 0.3) is 0 Å². The molecule has 31 heavy (non-hydrogen) atoms. The van der Waals surface area contributed by atoms with Crippen LogP contribution >= 0.6 is 0 Å². The molecule has 9 nitrogen and oxygen atoms in total. The van der Waals surface area contributed by atoms with Crippen LogP contribution in [0.4, 0.5) is 28.7 Å². The second kappa shape index (κ2) is 9.23. The fourth-order valence-corrected chi connectivity index (χ4v) is 2.81. The molecule has 1 amide bonds. The van der Waals surface area contributed by atoms with Crippen molar-refractivity contribution >= 4 is 34.6 Å². The van der Waals surface area contributed by atoms with E-state index in [0.717, 1.165) is 11.4 Å². The molecule has 0 aliphatic carbocycles. The lowest BCUT2D eigenvalue weighted by molar-refractivity contribution is 0.0962. The van der Waals surface area contributed by atoms with Crippen molar-refractivity contribution in [1.29, 1.82) is 0 Å². The number of hydrogen-bond acceptors (Lipinski definition) is 8. The van der Waals surface area contributed by atoms with Crippen LogP contribution in [0.1, 0.15) is 10.4 Å². The molecule has 0 spiro atoms. The van der Waals surface area contributed by atoms with E-state index in [1.165, 1.54) is 18.7 Å². The number of carbonyl (C=O) groups excluding carboxylic acids is 1.